The molecule has 1 aromatic rings. The molecule has 7 heteroatoms. The Hall–Kier alpha value is -1.15. The summed E-state index contributed by atoms with van der Waals surface area (Å²) in [5.74, 6) is 0. The van der Waals surface area contributed by atoms with Crippen molar-refractivity contribution >= 4 is 15.7 Å². The van der Waals surface area contributed by atoms with Crippen LogP contribution < -0.4 is 15.8 Å². The Kier molecular flexibility index (Phi) is 5.58. The van der Waals surface area contributed by atoms with Gasteiger partial charge in [-0.25, -0.2) is 13.6 Å². The van der Waals surface area contributed by atoms with Crippen LogP contribution in [0.4, 0.5) is 5.69 Å². The molecule has 0 spiro atoms. The van der Waals surface area contributed by atoms with Gasteiger partial charge in [0.1, 0.15) is 0 Å². The van der Waals surface area contributed by atoms with Crippen LogP contribution in [0.15, 0.2) is 29.2 Å². The minimum atomic E-state index is -3.62. The van der Waals surface area contributed by atoms with Gasteiger partial charge in [-0.3, -0.25) is 0 Å². The van der Waals surface area contributed by atoms with Crippen molar-refractivity contribution in [2.45, 2.75) is 30.3 Å². The fourth-order valence-corrected chi connectivity index (χ4v) is 2.98. The van der Waals surface area contributed by atoms with Crippen LogP contribution in [0, 0.1) is 0 Å². The highest BCUT2D eigenvalue weighted by molar-refractivity contribution is 7.89. The molecule has 0 aromatic heterocycles. The molecule has 1 fully saturated rings. The Labute approximate surface area is 126 Å². The Morgan fingerprint density at radius 1 is 1.19 bits per heavy atom. The smallest absolute Gasteiger partial charge is 0.238 e. The lowest BCUT2D eigenvalue weighted by Crippen LogP contribution is -2.37. The summed E-state index contributed by atoms with van der Waals surface area (Å²) in [5.41, 5.74) is 6.46. The molecular weight excluding hydrogens is 290 g/mol. The first-order valence-electron chi connectivity index (χ1n) is 7.20. The molecule has 0 aliphatic carbocycles. The van der Waals surface area contributed by atoms with E-state index in [1.807, 2.05) is 0 Å². The van der Waals surface area contributed by atoms with Crippen LogP contribution in [-0.4, -0.2) is 40.8 Å². The van der Waals surface area contributed by atoms with Crippen LogP contribution in [0.1, 0.15) is 19.3 Å². The number of primary sulfonamides is 1. The Morgan fingerprint density at radius 2 is 1.81 bits per heavy atom. The standard InChI is InChI=1S/C14H23N3O3S/c15-8-1-11-20-13-6-9-17(10-7-13)12-2-4-14(5-3-12)21(16,18)19/h2-5,13H,1,6-11,15H2,(H2,16,18,19). The molecule has 0 saturated carbocycles. The highest BCUT2D eigenvalue weighted by Crippen LogP contribution is 2.22. The number of hydrogen-bond acceptors (Lipinski definition) is 5. The van der Waals surface area contributed by atoms with E-state index in [-0.39, 0.29) is 4.90 Å². The highest BCUT2D eigenvalue weighted by Gasteiger charge is 2.20. The van der Waals surface area contributed by atoms with E-state index in [9.17, 15) is 8.42 Å². The van der Waals surface area contributed by atoms with Crippen LogP contribution in [0.2, 0.25) is 0 Å². The molecule has 6 nitrogen and oxygen atoms in total. The molecule has 0 atom stereocenters. The molecule has 2 rings (SSSR count). The molecule has 118 valence electrons. The summed E-state index contributed by atoms with van der Waals surface area (Å²) in [5, 5.41) is 5.09. The quantitative estimate of drug-likeness (QED) is 0.752. The largest absolute Gasteiger partial charge is 0.378 e. The third kappa shape index (κ3) is 4.67. The number of rotatable bonds is 6. The van der Waals surface area contributed by atoms with E-state index in [4.69, 9.17) is 15.6 Å². The first-order valence-corrected chi connectivity index (χ1v) is 8.75. The van der Waals surface area contributed by atoms with E-state index in [1.165, 1.54) is 0 Å². The molecule has 0 radical (unpaired) electrons. The second kappa shape index (κ2) is 7.22. The van der Waals surface area contributed by atoms with Gasteiger partial charge < -0.3 is 15.4 Å². The first kappa shape index (κ1) is 16.2. The van der Waals surface area contributed by atoms with Crippen LogP contribution >= 0.6 is 0 Å². The highest BCUT2D eigenvalue weighted by atomic mass is 32.2. The van der Waals surface area contributed by atoms with Gasteiger partial charge in [-0.15, -0.1) is 0 Å². The summed E-state index contributed by atoms with van der Waals surface area (Å²) in [7, 11) is -3.62. The van der Waals surface area contributed by atoms with E-state index in [1.54, 1.807) is 24.3 Å². The zero-order valence-electron chi connectivity index (χ0n) is 12.1. The number of nitrogens with two attached hydrogens (primary N) is 2. The number of hydrogen-bond donors (Lipinski definition) is 2. The average molecular weight is 313 g/mol. The number of sulfonamides is 1. The van der Waals surface area contributed by atoms with Gasteiger partial charge in [-0.1, -0.05) is 0 Å². The predicted molar refractivity (Wildman–Crippen MR) is 82.7 cm³/mol. The number of nitrogens with zero attached hydrogens (tertiary/aromatic N) is 1. The Morgan fingerprint density at radius 3 is 2.33 bits per heavy atom. The van der Waals surface area contributed by atoms with Crippen molar-refractivity contribution in [1.82, 2.24) is 0 Å². The zero-order chi connectivity index (χ0) is 15.3. The third-order valence-corrected chi connectivity index (χ3v) is 4.60. The van der Waals surface area contributed by atoms with Gasteiger partial charge in [0.2, 0.25) is 10.0 Å². The summed E-state index contributed by atoms with van der Waals surface area (Å²) < 4.78 is 28.2. The van der Waals surface area contributed by atoms with E-state index in [2.05, 4.69) is 4.90 Å². The molecule has 1 heterocycles. The Balaban J connectivity index is 1.87. The lowest BCUT2D eigenvalue weighted by atomic mass is 10.1. The molecule has 4 N–H and O–H groups in total. The number of benzene rings is 1. The second-order valence-electron chi connectivity index (χ2n) is 5.24. The second-order valence-corrected chi connectivity index (χ2v) is 6.80. The fourth-order valence-electron chi connectivity index (χ4n) is 2.46. The van der Waals surface area contributed by atoms with Crippen LogP contribution in [-0.2, 0) is 14.8 Å². The fraction of sp³-hybridized carbons (Fsp3) is 0.571. The van der Waals surface area contributed by atoms with Gasteiger partial charge in [0, 0.05) is 25.4 Å². The number of anilines is 1. The molecule has 0 unspecified atom stereocenters. The summed E-state index contributed by atoms with van der Waals surface area (Å²) in [6.07, 6.45) is 3.15. The van der Waals surface area contributed by atoms with Gasteiger partial charge in [0.05, 0.1) is 11.0 Å². The molecule has 0 bridgehead atoms. The molecule has 1 aliphatic heterocycles. The summed E-state index contributed by atoms with van der Waals surface area (Å²) in [6, 6.07) is 6.70. The lowest BCUT2D eigenvalue weighted by Gasteiger charge is -2.33. The molecule has 1 saturated heterocycles. The van der Waals surface area contributed by atoms with Crippen molar-refractivity contribution in [3.63, 3.8) is 0 Å². The van der Waals surface area contributed by atoms with Crippen LogP contribution in [0.25, 0.3) is 0 Å². The first-order chi connectivity index (χ1) is 10.0. The van der Waals surface area contributed by atoms with Gasteiger partial charge in [-0.05, 0) is 50.1 Å². The predicted octanol–water partition coefficient (Wildman–Crippen LogP) is 0.668. The van der Waals surface area contributed by atoms with Crippen molar-refractivity contribution < 1.29 is 13.2 Å². The van der Waals surface area contributed by atoms with Crippen molar-refractivity contribution in [3.8, 4) is 0 Å². The van der Waals surface area contributed by atoms with E-state index < -0.39 is 10.0 Å². The van der Waals surface area contributed by atoms with E-state index in [0.29, 0.717) is 12.6 Å². The van der Waals surface area contributed by atoms with E-state index >= 15 is 0 Å². The number of piperidine rings is 1. The summed E-state index contributed by atoms with van der Waals surface area (Å²) in [4.78, 5) is 2.38. The molecule has 21 heavy (non-hydrogen) atoms. The minimum Gasteiger partial charge on any atom is -0.378 e. The molecule has 1 aliphatic rings. The monoisotopic (exact) mass is 313 g/mol. The van der Waals surface area contributed by atoms with Crippen molar-refractivity contribution in [2.75, 3.05) is 31.1 Å². The number of ether oxygens (including phenoxy) is 1. The van der Waals surface area contributed by atoms with Gasteiger partial charge >= 0.3 is 0 Å². The minimum absolute atomic E-state index is 0.145. The molecular formula is C14H23N3O3S. The molecule has 1 aromatic carbocycles. The van der Waals surface area contributed by atoms with Crippen LogP contribution in [0.5, 0.6) is 0 Å². The molecule has 0 amide bonds. The summed E-state index contributed by atoms with van der Waals surface area (Å²) in [6.45, 7) is 3.20. The Bertz CT molecular complexity index is 537. The van der Waals surface area contributed by atoms with Gasteiger partial charge in [-0.2, -0.15) is 0 Å². The maximum absolute atomic E-state index is 11.2. The lowest BCUT2D eigenvalue weighted by molar-refractivity contribution is 0.0366. The van der Waals surface area contributed by atoms with Crippen molar-refractivity contribution in [2.24, 2.45) is 10.9 Å². The summed E-state index contributed by atoms with van der Waals surface area (Å²) >= 11 is 0. The maximum atomic E-state index is 11.2. The van der Waals surface area contributed by atoms with Crippen LogP contribution in [0.3, 0.4) is 0 Å². The average Bonchev–Trinajstić information content (AvgIpc) is 2.48. The normalized spacial score (nSPS) is 17.1. The maximum Gasteiger partial charge on any atom is 0.238 e. The van der Waals surface area contributed by atoms with Gasteiger partial charge in [0.25, 0.3) is 0 Å². The van der Waals surface area contributed by atoms with Gasteiger partial charge in [0.15, 0.2) is 0 Å². The third-order valence-electron chi connectivity index (χ3n) is 3.67. The topological polar surface area (TPSA) is 98.7 Å². The SMILES string of the molecule is NCCCOC1CCN(c2ccc(S(N)(=O)=O)cc2)CC1. The zero-order valence-corrected chi connectivity index (χ0v) is 12.9. The van der Waals surface area contributed by atoms with Crippen molar-refractivity contribution in [1.29, 1.82) is 0 Å². The van der Waals surface area contributed by atoms with Crippen molar-refractivity contribution in [3.05, 3.63) is 24.3 Å². The van der Waals surface area contributed by atoms with E-state index in [0.717, 1.165) is 44.6 Å².